The summed E-state index contributed by atoms with van der Waals surface area (Å²) < 4.78 is 5.06. The molecule has 0 amide bonds. The van der Waals surface area contributed by atoms with Crippen molar-refractivity contribution in [3.05, 3.63) is 0 Å². The van der Waals surface area contributed by atoms with Crippen molar-refractivity contribution in [1.29, 1.82) is 0 Å². The van der Waals surface area contributed by atoms with E-state index in [4.69, 9.17) is 9.84 Å². The van der Waals surface area contributed by atoms with Crippen LogP contribution in [0.25, 0.3) is 0 Å². The van der Waals surface area contributed by atoms with Gasteiger partial charge in [0, 0.05) is 0 Å². The predicted molar refractivity (Wildman–Crippen MR) is 37.9 cm³/mol. The minimum Gasteiger partial charge on any atom is -0.479 e. The minimum absolute atomic E-state index is 0.0334. The molecule has 0 saturated carbocycles. The van der Waals surface area contributed by atoms with Crippen molar-refractivity contribution in [1.82, 2.24) is 0 Å². The molecule has 0 fully saturated rings. The molecule has 1 N–H and O–H groups in total. The van der Waals surface area contributed by atoms with E-state index in [9.17, 15) is 4.79 Å². The molecule has 0 aliphatic carbocycles. The average Bonchev–Trinajstić information content (AvgIpc) is 1.87. The van der Waals surface area contributed by atoms with Gasteiger partial charge in [-0.2, -0.15) is 0 Å². The minimum atomic E-state index is -0.902. The Kier molecular flexibility index (Phi) is 4.03. The summed E-state index contributed by atoms with van der Waals surface area (Å²) >= 11 is 0. The van der Waals surface area contributed by atoms with Crippen molar-refractivity contribution in [2.75, 3.05) is 0 Å². The van der Waals surface area contributed by atoms with Gasteiger partial charge in [0.1, 0.15) is 0 Å². The van der Waals surface area contributed by atoms with Gasteiger partial charge in [0.05, 0.1) is 6.10 Å². The van der Waals surface area contributed by atoms with Crippen LogP contribution in [0.5, 0.6) is 0 Å². The van der Waals surface area contributed by atoms with Gasteiger partial charge in [-0.25, -0.2) is 4.79 Å². The zero-order chi connectivity index (χ0) is 8.15. The summed E-state index contributed by atoms with van der Waals surface area (Å²) in [6, 6.07) is 0. The maximum atomic E-state index is 10.2. The molecule has 0 saturated heterocycles. The first-order chi connectivity index (χ1) is 4.57. The molecule has 0 aromatic rings. The summed E-state index contributed by atoms with van der Waals surface area (Å²) in [7, 11) is 0. The fourth-order valence-electron chi connectivity index (χ4n) is 0.503. The van der Waals surface area contributed by atoms with Crippen LogP contribution in [0.1, 0.15) is 27.2 Å². The molecule has 0 spiro atoms. The van der Waals surface area contributed by atoms with E-state index in [1.165, 1.54) is 6.92 Å². The molecule has 10 heavy (non-hydrogen) atoms. The maximum Gasteiger partial charge on any atom is 0.332 e. The summed E-state index contributed by atoms with van der Waals surface area (Å²) in [5.41, 5.74) is 0. The normalized spacial score (nSPS) is 16.3. The molecule has 0 bridgehead atoms. The van der Waals surface area contributed by atoms with Crippen LogP contribution in [0.4, 0.5) is 0 Å². The summed E-state index contributed by atoms with van der Waals surface area (Å²) in [4.78, 5) is 10.2. The predicted octanol–water partition coefficient (Wildman–Crippen LogP) is 1.27. The Morgan fingerprint density at radius 2 is 2.10 bits per heavy atom. The van der Waals surface area contributed by atoms with Crippen LogP contribution in [-0.2, 0) is 9.53 Å². The second kappa shape index (κ2) is 4.28. The van der Waals surface area contributed by atoms with Gasteiger partial charge in [0.25, 0.3) is 0 Å². The molecule has 3 nitrogen and oxygen atoms in total. The molecule has 0 radical (unpaired) electrons. The van der Waals surface area contributed by atoms with Crippen molar-refractivity contribution >= 4 is 5.97 Å². The van der Waals surface area contributed by atoms with Crippen LogP contribution >= 0.6 is 0 Å². The summed E-state index contributed by atoms with van der Waals surface area (Å²) in [5.74, 6) is -0.902. The Morgan fingerprint density at radius 3 is 2.40 bits per heavy atom. The number of carbonyl (C=O) groups is 1. The van der Waals surface area contributed by atoms with Gasteiger partial charge in [-0.15, -0.1) is 0 Å². The molecule has 0 heterocycles. The van der Waals surface area contributed by atoms with Crippen molar-refractivity contribution < 1.29 is 14.6 Å². The molecule has 0 aromatic carbocycles. The van der Waals surface area contributed by atoms with Crippen LogP contribution in [0.2, 0.25) is 0 Å². The van der Waals surface area contributed by atoms with E-state index in [1.54, 1.807) is 0 Å². The van der Waals surface area contributed by atoms with Crippen molar-refractivity contribution in [3.63, 3.8) is 0 Å². The lowest BCUT2D eigenvalue weighted by Crippen LogP contribution is -2.24. The smallest absolute Gasteiger partial charge is 0.332 e. The Hall–Kier alpha value is -0.570. The third-order valence-corrected chi connectivity index (χ3v) is 1.36. The molecule has 0 aliphatic rings. The molecule has 1 unspecified atom stereocenters. The Morgan fingerprint density at radius 1 is 1.60 bits per heavy atom. The van der Waals surface area contributed by atoms with Gasteiger partial charge >= 0.3 is 5.97 Å². The maximum absolute atomic E-state index is 10.2. The zero-order valence-corrected chi connectivity index (χ0v) is 6.63. The molecule has 3 heteroatoms. The highest BCUT2D eigenvalue weighted by molar-refractivity contribution is 5.71. The fourth-order valence-corrected chi connectivity index (χ4v) is 0.503. The third kappa shape index (κ3) is 3.45. The average molecular weight is 146 g/mol. The summed E-state index contributed by atoms with van der Waals surface area (Å²) in [6.07, 6.45) is 0.193. The van der Waals surface area contributed by atoms with Crippen LogP contribution < -0.4 is 0 Å². The Balaban J connectivity index is 3.56. The van der Waals surface area contributed by atoms with E-state index in [1.807, 2.05) is 13.8 Å². The van der Waals surface area contributed by atoms with Crippen molar-refractivity contribution in [2.45, 2.75) is 39.4 Å². The number of rotatable bonds is 4. The standard InChI is InChI=1S/C7H14O3/c1-4-5(2)10-6(3)7(8)9/h5-6H,4H2,1-3H3,(H,8,9)/t5?,6-/m0/s1. The third-order valence-electron chi connectivity index (χ3n) is 1.36. The van der Waals surface area contributed by atoms with E-state index >= 15 is 0 Å². The first-order valence-electron chi connectivity index (χ1n) is 3.46. The van der Waals surface area contributed by atoms with E-state index in [2.05, 4.69) is 0 Å². The number of carboxylic acid groups (broad SMARTS) is 1. The summed E-state index contributed by atoms with van der Waals surface area (Å²) in [6.45, 7) is 5.35. The largest absolute Gasteiger partial charge is 0.479 e. The number of aliphatic carboxylic acids is 1. The monoisotopic (exact) mass is 146 g/mol. The first-order valence-corrected chi connectivity index (χ1v) is 3.46. The van der Waals surface area contributed by atoms with Gasteiger partial charge in [-0.05, 0) is 20.3 Å². The van der Waals surface area contributed by atoms with Gasteiger partial charge in [-0.1, -0.05) is 6.92 Å². The topological polar surface area (TPSA) is 46.5 Å². The second-order valence-electron chi connectivity index (χ2n) is 2.34. The zero-order valence-electron chi connectivity index (χ0n) is 6.63. The number of ether oxygens (including phenoxy) is 1. The molecule has 0 aromatic heterocycles. The first kappa shape index (κ1) is 9.43. The van der Waals surface area contributed by atoms with Crippen LogP contribution in [0, 0.1) is 0 Å². The Bertz CT molecular complexity index is 111. The molecule has 0 aliphatic heterocycles. The highest BCUT2D eigenvalue weighted by Crippen LogP contribution is 2.00. The molecule has 60 valence electrons. The molecular weight excluding hydrogens is 132 g/mol. The molecule has 2 atom stereocenters. The molecular formula is C7H14O3. The SMILES string of the molecule is CCC(C)O[C@@H](C)C(=O)O. The highest BCUT2D eigenvalue weighted by Gasteiger charge is 2.13. The van der Waals surface area contributed by atoms with Gasteiger partial charge in [0.15, 0.2) is 6.10 Å². The van der Waals surface area contributed by atoms with Crippen LogP contribution in [0.3, 0.4) is 0 Å². The van der Waals surface area contributed by atoms with Gasteiger partial charge in [0.2, 0.25) is 0 Å². The van der Waals surface area contributed by atoms with Gasteiger partial charge < -0.3 is 9.84 Å². The number of hydrogen-bond donors (Lipinski definition) is 1. The van der Waals surface area contributed by atoms with E-state index in [0.29, 0.717) is 0 Å². The van der Waals surface area contributed by atoms with E-state index < -0.39 is 12.1 Å². The van der Waals surface area contributed by atoms with Crippen LogP contribution in [0.15, 0.2) is 0 Å². The quantitative estimate of drug-likeness (QED) is 0.649. The number of hydrogen-bond acceptors (Lipinski definition) is 2. The summed E-state index contributed by atoms with van der Waals surface area (Å²) in [5, 5.41) is 8.40. The molecule has 0 rings (SSSR count). The lowest BCUT2D eigenvalue weighted by Gasteiger charge is -2.13. The second-order valence-corrected chi connectivity index (χ2v) is 2.34. The Labute approximate surface area is 61.0 Å². The van der Waals surface area contributed by atoms with Gasteiger partial charge in [-0.3, -0.25) is 0 Å². The fraction of sp³-hybridized carbons (Fsp3) is 0.857. The van der Waals surface area contributed by atoms with Crippen molar-refractivity contribution in [3.8, 4) is 0 Å². The van der Waals surface area contributed by atoms with E-state index in [0.717, 1.165) is 6.42 Å². The lowest BCUT2D eigenvalue weighted by atomic mass is 10.3. The number of carboxylic acids is 1. The lowest BCUT2D eigenvalue weighted by molar-refractivity contribution is -0.152. The highest BCUT2D eigenvalue weighted by atomic mass is 16.5. The van der Waals surface area contributed by atoms with Crippen LogP contribution in [-0.4, -0.2) is 23.3 Å². The van der Waals surface area contributed by atoms with E-state index in [-0.39, 0.29) is 6.10 Å². The van der Waals surface area contributed by atoms with Crippen molar-refractivity contribution in [2.24, 2.45) is 0 Å².